The van der Waals surface area contributed by atoms with Crippen LogP contribution in [0.15, 0.2) is 24.3 Å². The van der Waals surface area contributed by atoms with Crippen LogP contribution in [0.5, 0.6) is 0 Å². The molecule has 0 saturated carbocycles. The first-order chi connectivity index (χ1) is 9.43. The second-order valence-corrected chi connectivity index (χ2v) is 7.03. The summed E-state index contributed by atoms with van der Waals surface area (Å²) in [7, 11) is -3.38. The zero-order valence-electron chi connectivity index (χ0n) is 12.1. The molecular weight excluding hydrogens is 276 g/mol. The topological polar surface area (TPSA) is 66.5 Å². The number of carbonyl (C=O) groups is 1. The molecule has 1 aliphatic carbocycles. The van der Waals surface area contributed by atoms with Crippen LogP contribution < -0.4 is 5.32 Å². The van der Waals surface area contributed by atoms with Crippen molar-refractivity contribution in [3.8, 4) is 0 Å². The molecule has 1 amide bonds. The van der Waals surface area contributed by atoms with E-state index in [0.717, 1.165) is 29.8 Å². The Morgan fingerprint density at radius 2 is 2.25 bits per heavy atom. The number of hydrogen-bond donors (Lipinski definition) is 1. The lowest BCUT2D eigenvalue weighted by atomic mass is 9.97. The molecule has 1 rings (SSSR count). The highest BCUT2D eigenvalue weighted by Gasteiger charge is 2.18. The highest BCUT2D eigenvalue weighted by atomic mass is 32.2. The fourth-order valence-electron chi connectivity index (χ4n) is 2.17. The van der Waals surface area contributed by atoms with E-state index in [1.165, 1.54) is 24.5 Å². The summed E-state index contributed by atoms with van der Waals surface area (Å²) in [6, 6.07) is 0. The van der Waals surface area contributed by atoms with Crippen LogP contribution in [0.2, 0.25) is 0 Å². The van der Waals surface area contributed by atoms with Gasteiger partial charge in [0, 0.05) is 13.1 Å². The molecule has 0 saturated heterocycles. The Kier molecular flexibility index (Phi) is 6.95. The third-order valence-corrected chi connectivity index (χ3v) is 4.49. The molecule has 0 fully saturated rings. The van der Waals surface area contributed by atoms with Gasteiger partial charge in [0.25, 0.3) is 0 Å². The summed E-state index contributed by atoms with van der Waals surface area (Å²) < 4.78 is 24.0. The van der Waals surface area contributed by atoms with Gasteiger partial charge >= 0.3 is 0 Å². The zero-order valence-corrected chi connectivity index (χ0v) is 12.9. The smallest absolute Gasteiger partial charge is 0.235 e. The number of hydrogen-bond acceptors (Lipinski definition) is 3. The third-order valence-electron chi connectivity index (χ3n) is 3.28. The molecule has 5 nitrogen and oxygen atoms in total. The average molecular weight is 300 g/mol. The Hall–Kier alpha value is -1.14. The van der Waals surface area contributed by atoms with E-state index in [-0.39, 0.29) is 19.0 Å². The molecular formula is C14H24N2O3S. The van der Waals surface area contributed by atoms with Gasteiger partial charge in [0.2, 0.25) is 15.9 Å². The van der Waals surface area contributed by atoms with Gasteiger partial charge in [-0.1, -0.05) is 17.7 Å². The summed E-state index contributed by atoms with van der Waals surface area (Å²) in [6.45, 7) is 4.07. The fourth-order valence-corrected chi connectivity index (χ4v) is 2.90. The second kappa shape index (κ2) is 8.21. The summed E-state index contributed by atoms with van der Waals surface area (Å²) in [5.74, 6) is -0.270. The fraction of sp³-hybridized carbons (Fsp3) is 0.643. The van der Waals surface area contributed by atoms with Crippen molar-refractivity contribution in [2.45, 2.75) is 32.1 Å². The number of amides is 1. The van der Waals surface area contributed by atoms with E-state index in [0.29, 0.717) is 6.54 Å². The molecule has 0 atom stereocenters. The van der Waals surface area contributed by atoms with Crippen LogP contribution in [0.1, 0.15) is 32.1 Å². The molecule has 0 radical (unpaired) electrons. The summed E-state index contributed by atoms with van der Waals surface area (Å²) in [4.78, 5) is 11.7. The Bertz CT molecular complexity index is 469. The van der Waals surface area contributed by atoms with Crippen molar-refractivity contribution in [2.24, 2.45) is 0 Å². The maximum atomic E-state index is 11.7. The molecule has 0 spiro atoms. The Morgan fingerprint density at radius 1 is 1.50 bits per heavy atom. The van der Waals surface area contributed by atoms with Crippen LogP contribution in [0.25, 0.3) is 0 Å². The van der Waals surface area contributed by atoms with E-state index in [2.05, 4.69) is 18.0 Å². The number of nitrogens with one attached hydrogen (secondary N) is 1. The molecule has 20 heavy (non-hydrogen) atoms. The highest BCUT2D eigenvalue weighted by molar-refractivity contribution is 7.88. The molecule has 0 aromatic heterocycles. The maximum absolute atomic E-state index is 11.7. The first-order valence-corrected chi connectivity index (χ1v) is 8.79. The molecule has 114 valence electrons. The molecule has 0 unspecified atom stereocenters. The van der Waals surface area contributed by atoms with Gasteiger partial charge in [0.15, 0.2) is 0 Å². The normalized spacial score (nSPS) is 15.8. The monoisotopic (exact) mass is 300 g/mol. The van der Waals surface area contributed by atoms with Gasteiger partial charge in [-0.05, 0) is 32.1 Å². The molecule has 1 N–H and O–H groups in total. The summed E-state index contributed by atoms with van der Waals surface area (Å²) in [5.41, 5.74) is 1.39. The lowest BCUT2D eigenvalue weighted by Gasteiger charge is -2.18. The van der Waals surface area contributed by atoms with Gasteiger partial charge in [-0.15, -0.1) is 6.58 Å². The van der Waals surface area contributed by atoms with Crippen molar-refractivity contribution in [2.75, 3.05) is 25.9 Å². The number of sulfonamides is 1. The van der Waals surface area contributed by atoms with Crippen molar-refractivity contribution in [1.29, 1.82) is 0 Å². The van der Waals surface area contributed by atoms with E-state index < -0.39 is 10.0 Å². The first kappa shape index (κ1) is 16.9. The van der Waals surface area contributed by atoms with Crippen LogP contribution >= 0.6 is 0 Å². The SMILES string of the molecule is C=CCN(CC(=O)NCCC1=CCCCC1)S(C)(=O)=O. The van der Waals surface area contributed by atoms with E-state index in [1.807, 2.05) is 0 Å². The number of nitrogens with zero attached hydrogens (tertiary/aromatic N) is 1. The van der Waals surface area contributed by atoms with Gasteiger partial charge in [0.1, 0.15) is 0 Å². The minimum atomic E-state index is -3.38. The highest BCUT2D eigenvalue weighted by Crippen LogP contribution is 2.19. The van der Waals surface area contributed by atoms with Crippen molar-refractivity contribution in [1.82, 2.24) is 9.62 Å². The standard InChI is InChI=1S/C14H24N2O3S/c1-3-11-16(20(2,18)19)12-14(17)15-10-9-13-7-5-4-6-8-13/h3,7H,1,4-6,8-12H2,2H3,(H,15,17). The van der Waals surface area contributed by atoms with Gasteiger partial charge < -0.3 is 5.32 Å². The molecule has 6 heteroatoms. The molecule has 0 aliphatic heterocycles. The lowest BCUT2D eigenvalue weighted by Crippen LogP contribution is -2.40. The van der Waals surface area contributed by atoms with Crippen molar-refractivity contribution in [3.63, 3.8) is 0 Å². The lowest BCUT2D eigenvalue weighted by molar-refractivity contribution is -0.121. The van der Waals surface area contributed by atoms with Crippen molar-refractivity contribution >= 4 is 15.9 Å². The first-order valence-electron chi connectivity index (χ1n) is 6.94. The molecule has 0 aromatic rings. The van der Waals surface area contributed by atoms with Crippen LogP contribution in [-0.4, -0.2) is 44.5 Å². The van der Waals surface area contributed by atoms with Gasteiger partial charge in [-0.3, -0.25) is 4.79 Å². The van der Waals surface area contributed by atoms with E-state index in [9.17, 15) is 13.2 Å². The quantitative estimate of drug-likeness (QED) is 0.690. The molecule has 1 aliphatic rings. The Labute approximate surface area is 121 Å². The van der Waals surface area contributed by atoms with Crippen LogP contribution in [-0.2, 0) is 14.8 Å². The zero-order chi connectivity index (χ0) is 15.0. The largest absolute Gasteiger partial charge is 0.355 e. The maximum Gasteiger partial charge on any atom is 0.235 e. The van der Waals surface area contributed by atoms with Gasteiger partial charge in [-0.25, -0.2) is 8.42 Å². The molecule has 0 aromatic carbocycles. The Balaban J connectivity index is 2.34. The van der Waals surface area contributed by atoms with Crippen LogP contribution in [0, 0.1) is 0 Å². The molecule has 0 bridgehead atoms. The summed E-state index contributed by atoms with van der Waals surface area (Å²) in [6.07, 6.45) is 10.4. The van der Waals surface area contributed by atoms with Gasteiger partial charge in [-0.2, -0.15) is 4.31 Å². The Morgan fingerprint density at radius 3 is 2.80 bits per heavy atom. The second-order valence-electron chi connectivity index (χ2n) is 5.05. The number of rotatable bonds is 8. The van der Waals surface area contributed by atoms with Crippen LogP contribution in [0.4, 0.5) is 0 Å². The van der Waals surface area contributed by atoms with Crippen molar-refractivity contribution < 1.29 is 13.2 Å². The number of allylic oxidation sites excluding steroid dienone is 1. The van der Waals surface area contributed by atoms with Gasteiger partial charge in [0.05, 0.1) is 12.8 Å². The van der Waals surface area contributed by atoms with E-state index in [1.54, 1.807) is 0 Å². The molecule has 0 heterocycles. The van der Waals surface area contributed by atoms with Crippen molar-refractivity contribution in [3.05, 3.63) is 24.3 Å². The summed E-state index contributed by atoms with van der Waals surface area (Å²) >= 11 is 0. The van der Waals surface area contributed by atoms with Crippen LogP contribution in [0.3, 0.4) is 0 Å². The predicted octanol–water partition coefficient (Wildman–Crippen LogP) is 1.44. The van der Waals surface area contributed by atoms with E-state index in [4.69, 9.17) is 0 Å². The summed E-state index contributed by atoms with van der Waals surface area (Å²) in [5, 5.41) is 2.77. The average Bonchev–Trinajstić information content (AvgIpc) is 2.38. The minimum Gasteiger partial charge on any atom is -0.355 e. The number of carbonyl (C=O) groups excluding carboxylic acids is 1. The predicted molar refractivity (Wildman–Crippen MR) is 80.8 cm³/mol. The van der Waals surface area contributed by atoms with E-state index >= 15 is 0 Å². The third kappa shape index (κ3) is 6.34. The minimum absolute atomic E-state index is 0.149.